The van der Waals surface area contributed by atoms with E-state index in [0.717, 1.165) is 11.3 Å². The molecule has 15 heavy (non-hydrogen) atoms. The molecule has 82 valence electrons. The molecular formula is C11H14ClNO2. The third-order valence-corrected chi connectivity index (χ3v) is 2.38. The zero-order valence-corrected chi connectivity index (χ0v) is 9.60. The van der Waals surface area contributed by atoms with E-state index in [9.17, 15) is 0 Å². The van der Waals surface area contributed by atoms with Crippen molar-refractivity contribution in [3.63, 3.8) is 0 Å². The second kappa shape index (κ2) is 3.58. The van der Waals surface area contributed by atoms with E-state index >= 15 is 0 Å². The van der Waals surface area contributed by atoms with Gasteiger partial charge in [-0.15, -0.1) is 0 Å². The van der Waals surface area contributed by atoms with Gasteiger partial charge in [0.05, 0.1) is 0 Å². The number of fused-ring (bicyclic) bond motifs is 1. The molecule has 2 rings (SSSR count). The van der Waals surface area contributed by atoms with Crippen LogP contribution in [-0.2, 0) is 6.42 Å². The highest BCUT2D eigenvalue weighted by Crippen LogP contribution is 2.39. The molecule has 0 atom stereocenters. The van der Waals surface area contributed by atoms with Crippen molar-refractivity contribution in [2.75, 3.05) is 6.79 Å². The van der Waals surface area contributed by atoms with Crippen LogP contribution in [0.4, 0.5) is 0 Å². The summed E-state index contributed by atoms with van der Waals surface area (Å²) in [5.74, 6) is 1.49. The Balaban J connectivity index is 2.39. The molecule has 0 unspecified atom stereocenters. The van der Waals surface area contributed by atoms with Crippen LogP contribution >= 0.6 is 11.6 Å². The lowest BCUT2D eigenvalue weighted by Gasteiger charge is -2.19. The third kappa shape index (κ3) is 2.36. The summed E-state index contributed by atoms with van der Waals surface area (Å²) in [4.78, 5) is 0. The van der Waals surface area contributed by atoms with Gasteiger partial charge in [0.25, 0.3) is 0 Å². The molecular weight excluding hydrogens is 214 g/mol. The van der Waals surface area contributed by atoms with Crippen LogP contribution in [0.5, 0.6) is 11.5 Å². The summed E-state index contributed by atoms with van der Waals surface area (Å²) in [5, 5.41) is 0.651. The fourth-order valence-corrected chi connectivity index (χ4v) is 1.90. The van der Waals surface area contributed by atoms with Gasteiger partial charge < -0.3 is 15.2 Å². The molecule has 4 heteroatoms. The number of hydrogen-bond acceptors (Lipinski definition) is 3. The van der Waals surface area contributed by atoms with Crippen LogP contribution in [0.2, 0.25) is 5.02 Å². The lowest BCUT2D eigenvalue weighted by atomic mass is 9.95. The first-order chi connectivity index (χ1) is 6.96. The van der Waals surface area contributed by atoms with Crippen molar-refractivity contribution in [2.45, 2.75) is 25.8 Å². The number of rotatable bonds is 2. The monoisotopic (exact) mass is 227 g/mol. The smallest absolute Gasteiger partial charge is 0.231 e. The topological polar surface area (TPSA) is 44.5 Å². The van der Waals surface area contributed by atoms with Crippen molar-refractivity contribution < 1.29 is 9.47 Å². The highest BCUT2D eigenvalue weighted by molar-refractivity contribution is 6.30. The van der Waals surface area contributed by atoms with Crippen molar-refractivity contribution in [3.05, 3.63) is 22.7 Å². The van der Waals surface area contributed by atoms with Gasteiger partial charge in [-0.3, -0.25) is 0 Å². The van der Waals surface area contributed by atoms with Crippen LogP contribution in [-0.4, -0.2) is 12.3 Å². The van der Waals surface area contributed by atoms with Gasteiger partial charge in [0.15, 0.2) is 11.5 Å². The molecule has 3 nitrogen and oxygen atoms in total. The summed E-state index contributed by atoms with van der Waals surface area (Å²) in [6, 6.07) is 3.64. The summed E-state index contributed by atoms with van der Waals surface area (Å²) in [6.07, 6.45) is 0.708. The fourth-order valence-electron chi connectivity index (χ4n) is 1.67. The normalized spacial score (nSPS) is 14.4. The standard InChI is InChI=1S/C11H14ClNO2/c1-11(2,13)5-7-3-8(12)4-9-10(7)15-6-14-9/h3-4H,5-6,13H2,1-2H3. The van der Waals surface area contributed by atoms with Crippen LogP contribution in [0, 0.1) is 0 Å². The maximum atomic E-state index is 5.98. The highest BCUT2D eigenvalue weighted by Gasteiger charge is 2.22. The second-order valence-electron chi connectivity index (χ2n) is 4.46. The predicted octanol–water partition coefficient (Wildman–Crippen LogP) is 2.35. The molecule has 0 saturated carbocycles. The Bertz CT molecular complexity index is 385. The van der Waals surface area contributed by atoms with E-state index in [-0.39, 0.29) is 12.3 Å². The first kappa shape index (κ1) is 10.6. The Morgan fingerprint density at radius 3 is 2.80 bits per heavy atom. The number of ether oxygens (including phenoxy) is 2. The molecule has 0 aromatic heterocycles. The summed E-state index contributed by atoms with van der Waals surface area (Å²) in [6.45, 7) is 4.19. The van der Waals surface area contributed by atoms with Crippen LogP contribution < -0.4 is 15.2 Å². The first-order valence-electron chi connectivity index (χ1n) is 4.83. The zero-order valence-electron chi connectivity index (χ0n) is 8.84. The van der Waals surface area contributed by atoms with Gasteiger partial charge in [0.2, 0.25) is 6.79 Å². The molecule has 1 aromatic rings. The molecule has 0 radical (unpaired) electrons. The lowest BCUT2D eigenvalue weighted by Crippen LogP contribution is -2.34. The molecule has 2 N–H and O–H groups in total. The Hall–Kier alpha value is -0.930. The van der Waals surface area contributed by atoms with E-state index in [4.69, 9.17) is 26.8 Å². The SMILES string of the molecule is CC(C)(N)Cc1cc(Cl)cc2c1OCO2. The number of nitrogens with two attached hydrogens (primary N) is 1. The fraction of sp³-hybridized carbons (Fsp3) is 0.455. The van der Waals surface area contributed by atoms with Crippen LogP contribution in [0.3, 0.4) is 0 Å². The Morgan fingerprint density at radius 1 is 1.40 bits per heavy atom. The minimum atomic E-state index is -0.287. The maximum absolute atomic E-state index is 5.98. The van der Waals surface area contributed by atoms with Crippen molar-refractivity contribution in [1.82, 2.24) is 0 Å². The van der Waals surface area contributed by atoms with Gasteiger partial charge in [0.1, 0.15) is 0 Å². The minimum absolute atomic E-state index is 0.258. The van der Waals surface area contributed by atoms with Gasteiger partial charge in [-0.2, -0.15) is 0 Å². The van der Waals surface area contributed by atoms with E-state index in [0.29, 0.717) is 17.2 Å². The van der Waals surface area contributed by atoms with Gasteiger partial charge in [0, 0.05) is 22.2 Å². The van der Waals surface area contributed by atoms with Gasteiger partial charge in [-0.05, 0) is 26.3 Å². The molecule has 1 aliphatic heterocycles. The number of hydrogen-bond donors (Lipinski definition) is 1. The van der Waals surface area contributed by atoms with Gasteiger partial charge >= 0.3 is 0 Å². The Morgan fingerprint density at radius 2 is 2.13 bits per heavy atom. The molecule has 0 bridgehead atoms. The van der Waals surface area contributed by atoms with Crippen LogP contribution in [0.15, 0.2) is 12.1 Å². The Kier molecular flexibility index (Phi) is 2.52. The lowest BCUT2D eigenvalue weighted by molar-refractivity contribution is 0.173. The van der Waals surface area contributed by atoms with Gasteiger partial charge in [-0.25, -0.2) is 0 Å². The summed E-state index contributed by atoms with van der Waals surface area (Å²) in [5.41, 5.74) is 6.69. The van der Waals surface area contributed by atoms with Crippen molar-refractivity contribution in [1.29, 1.82) is 0 Å². The first-order valence-corrected chi connectivity index (χ1v) is 5.20. The largest absolute Gasteiger partial charge is 0.454 e. The highest BCUT2D eigenvalue weighted by atomic mass is 35.5. The quantitative estimate of drug-likeness (QED) is 0.844. The Labute approximate surface area is 94.1 Å². The molecule has 0 spiro atoms. The second-order valence-corrected chi connectivity index (χ2v) is 4.90. The number of benzene rings is 1. The summed E-state index contributed by atoms with van der Waals surface area (Å²) < 4.78 is 10.7. The van der Waals surface area contributed by atoms with E-state index in [1.807, 2.05) is 19.9 Å². The van der Waals surface area contributed by atoms with E-state index in [1.165, 1.54) is 0 Å². The van der Waals surface area contributed by atoms with Gasteiger partial charge in [-0.1, -0.05) is 11.6 Å². The van der Waals surface area contributed by atoms with Crippen molar-refractivity contribution >= 4 is 11.6 Å². The summed E-state index contributed by atoms with van der Waals surface area (Å²) in [7, 11) is 0. The number of halogens is 1. The predicted molar refractivity (Wildman–Crippen MR) is 59.5 cm³/mol. The maximum Gasteiger partial charge on any atom is 0.231 e. The molecule has 0 fully saturated rings. The molecule has 0 aliphatic carbocycles. The molecule has 1 aliphatic rings. The minimum Gasteiger partial charge on any atom is -0.454 e. The third-order valence-electron chi connectivity index (χ3n) is 2.16. The summed E-state index contributed by atoms with van der Waals surface area (Å²) >= 11 is 5.98. The molecule has 1 heterocycles. The van der Waals surface area contributed by atoms with Crippen molar-refractivity contribution in [2.24, 2.45) is 5.73 Å². The molecule has 0 saturated heterocycles. The van der Waals surface area contributed by atoms with E-state index in [2.05, 4.69) is 0 Å². The molecule has 0 amide bonds. The average Bonchev–Trinajstić information content (AvgIpc) is 2.48. The van der Waals surface area contributed by atoms with E-state index in [1.54, 1.807) is 6.07 Å². The zero-order chi connectivity index (χ0) is 11.1. The van der Waals surface area contributed by atoms with Crippen molar-refractivity contribution in [3.8, 4) is 11.5 Å². The average molecular weight is 228 g/mol. The molecule has 1 aromatic carbocycles. The van der Waals surface area contributed by atoms with Crippen LogP contribution in [0.25, 0.3) is 0 Å². The van der Waals surface area contributed by atoms with E-state index < -0.39 is 0 Å². The van der Waals surface area contributed by atoms with Crippen LogP contribution in [0.1, 0.15) is 19.4 Å².